The van der Waals surface area contributed by atoms with E-state index in [0.29, 0.717) is 5.13 Å². The zero-order valence-corrected chi connectivity index (χ0v) is 16.4. The van der Waals surface area contributed by atoms with Crippen LogP contribution in [-0.2, 0) is 4.79 Å². The summed E-state index contributed by atoms with van der Waals surface area (Å²) in [7, 11) is 1.63. The van der Waals surface area contributed by atoms with E-state index in [1.54, 1.807) is 7.11 Å². The van der Waals surface area contributed by atoms with Gasteiger partial charge in [-0.2, -0.15) is 0 Å². The van der Waals surface area contributed by atoms with E-state index in [4.69, 9.17) is 4.74 Å². The first-order chi connectivity index (χ1) is 12.5. The Labute approximate surface area is 160 Å². The van der Waals surface area contributed by atoms with Crippen molar-refractivity contribution in [1.82, 2.24) is 10.2 Å². The number of nitrogens with zero attached hydrogens (tertiary/aromatic N) is 2. The third-order valence-corrected chi connectivity index (χ3v) is 5.69. The van der Waals surface area contributed by atoms with Crippen LogP contribution in [0.3, 0.4) is 0 Å². The Morgan fingerprint density at radius 1 is 1.12 bits per heavy atom. The van der Waals surface area contributed by atoms with E-state index in [-0.39, 0.29) is 11.2 Å². The Morgan fingerprint density at radius 2 is 1.81 bits per heavy atom. The summed E-state index contributed by atoms with van der Waals surface area (Å²) in [4.78, 5) is 13.5. The molecule has 0 radical (unpaired) electrons. The second kappa shape index (κ2) is 8.33. The lowest BCUT2D eigenvalue weighted by atomic mass is 10.2. The van der Waals surface area contributed by atoms with Crippen molar-refractivity contribution < 1.29 is 9.53 Å². The summed E-state index contributed by atoms with van der Waals surface area (Å²) in [6, 6.07) is 15.7. The molecule has 7 heteroatoms. The molecule has 0 aliphatic heterocycles. The maximum Gasteiger partial charge on any atom is 0.239 e. The van der Waals surface area contributed by atoms with Gasteiger partial charge in [-0.3, -0.25) is 10.1 Å². The molecule has 1 atom stereocenters. The van der Waals surface area contributed by atoms with Crippen molar-refractivity contribution in [2.75, 3.05) is 12.4 Å². The highest BCUT2D eigenvalue weighted by molar-refractivity contribution is 8.00. The minimum atomic E-state index is -0.231. The van der Waals surface area contributed by atoms with Gasteiger partial charge in [-0.05, 0) is 50.2 Å². The first kappa shape index (κ1) is 18.4. The second-order valence-electron chi connectivity index (χ2n) is 5.70. The van der Waals surface area contributed by atoms with Crippen LogP contribution in [0.15, 0.2) is 53.4 Å². The van der Waals surface area contributed by atoms with Crippen LogP contribution in [0.2, 0.25) is 0 Å². The highest BCUT2D eigenvalue weighted by Crippen LogP contribution is 2.29. The molecule has 0 unspecified atom stereocenters. The van der Waals surface area contributed by atoms with E-state index in [0.717, 1.165) is 21.2 Å². The monoisotopic (exact) mass is 385 g/mol. The quantitative estimate of drug-likeness (QED) is 0.626. The molecule has 3 aromatic rings. The van der Waals surface area contributed by atoms with Gasteiger partial charge in [-0.15, -0.1) is 22.0 Å². The standard InChI is InChI=1S/C19H19N3O2S2/c1-12-4-10-16(11-5-12)25-13(2)17(23)20-19-22-21-18(26-19)14-6-8-15(24-3)9-7-14/h4-11,13H,1-3H3,(H,20,22,23)/t13-/m1/s1. The molecule has 134 valence electrons. The van der Waals surface area contributed by atoms with E-state index in [1.165, 1.54) is 28.7 Å². The van der Waals surface area contributed by atoms with Crippen molar-refractivity contribution in [3.63, 3.8) is 0 Å². The topological polar surface area (TPSA) is 64.1 Å². The minimum Gasteiger partial charge on any atom is -0.497 e. The Bertz CT molecular complexity index is 877. The van der Waals surface area contributed by atoms with E-state index in [2.05, 4.69) is 15.5 Å². The van der Waals surface area contributed by atoms with Gasteiger partial charge in [0.25, 0.3) is 0 Å². The molecule has 1 amide bonds. The summed E-state index contributed by atoms with van der Waals surface area (Å²) >= 11 is 2.87. The van der Waals surface area contributed by atoms with Gasteiger partial charge in [0.05, 0.1) is 12.4 Å². The molecule has 0 aliphatic rings. The number of amides is 1. The number of anilines is 1. The van der Waals surface area contributed by atoms with Crippen molar-refractivity contribution >= 4 is 34.1 Å². The molecule has 1 N–H and O–H groups in total. The molecule has 26 heavy (non-hydrogen) atoms. The normalized spacial score (nSPS) is 11.8. The van der Waals surface area contributed by atoms with Crippen LogP contribution in [0.25, 0.3) is 10.6 Å². The molecule has 0 saturated carbocycles. The van der Waals surface area contributed by atoms with Crippen LogP contribution in [0, 0.1) is 6.92 Å². The van der Waals surface area contributed by atoms with Crippen LogP contribution in [0.4, 0.5) is 5.13 Å². The van der Waals surface area contributed by atoms with Crippen molar-refractivity contribution in [3.8, 4) is 16.3 Å². The van der Waals surface area contributed by atoms with Crippen molar-refractivity contribution in [2.45, 2.75) is 24.0 Å². The van der Waals surface area contributed by atoms with Crippen molar-refractivity contribution in [2.24, 2.45) is 0 Å². The minimum absolute atomic E-state index is 0.0898. The van der Waals surface area contributed by atoms with Gasteiger partial charge in [0.2, 0.25) is 11.0 Å². The number of ether oxygens (including phenoxy) is 1. The maximum atomic E-state index is 12.4. The fourth-order valence-electron chi connectivity index (χ4n) is 2.21. The number of aromatic nitrogens is 2. The fourth-order valence-corrected chi connectivity index (χ4v) is 3.82. The zero-order valence-electron chi connectivity index (χ0n) is 14.7. The number of carbonyl (C=O) groups excluding carboxylic acids is 1. The van der Waals surface area contributed by atoms with Crippen LogP contribution < -0.4 is 10.1 Å². The van der Waals surface area contributed by atoms with Crippen LogP contribution in [0.5, 0.6) is 5.75 Å². The van der Waals surface area contributed by atoms with Gasteiger partial charge in [0.15, 0.2) is 0 Å². The number of thioether (sulfide) groups is 1. The Kier molecular flexibility index (Phi) is 5.90. The number of aryl methyl sites for hydroxylation is 1. The fraction of sp³-hybridized carbons (Fsp3) is 0.211. The van der Waals surface area contributed by atoms with Gasteiger partial charge < -0.3 is 4.74 Å². The van der Waals surface area contributed by atoms with E-state index in [9.17, 15) is 4.79 Å². The predicted octanol–water partition coefficient (Wildman–Crippen LogP) is 4.64. The van der Waals surface area contributed by atoms with E-state index >= 15 is 0 Å². The van der Waals surface area contributed by atoms with Crippen molar-refractivity contribution in [3.05, 3.63) is 54.1 Å². The molecule has 1 heterocycles. The molecular weight excluding hydrogens is 366 g/mol. The van der Waals surface area contributed by atoms with Crippen LogP contribution >= 0.6 is 23.1 Å². The number of methoxy groups -OCH3 is 1. The lowest BCUT2D eigenvalue weighted by molar-refractivity contribution is -0.115. The number of benzene rings is 2. The van der Waals surface area contributed by atoms with Gasteiger partial charge in [-0.1, -0.05) is 29.0 Å². The van der Waals surface area contributed by atoms with Gasteiger partial charge in [0, 0.05) is 10.5 Å². The molecular formula is C19H19N3O2S2. The average Bonchev–Trinajstić information content (AvgIpc) is 3.12. The SMILES string of the molecule is COc1ccc(-c2nnc(NC(=O)[C@@H](C)Sc3ccc(C)cc3)s2)cc1. The smallest absolute Gasteiger partial charge is 0.239 e. The third kappa shape index (κ3) is 4.62. The predicted molar refractivity (Wildman–Crippen MR) is 107 cm³/mol. The molecule has 0 spiro atoms. The Hall–Kier alpha value is -2.38. The summed E-state index contributed by atoms with van der Waals surface area (Å²) in [5, 5.41) is 12.1. The molecule has 1 aromatic heterocycles. The first-order valence-electron chi connectivity index (χ1n) is 8.07. The Morgan fingerprint density at radius 3 is 2.46 bits per heavy atom. The van der Waals surface area contributed by atoms with E-state index in [1.807, 2.05) is 62.4 Å². The number of carbonyl (C=O) groups is 1. The summed E-state index contributed by atoms with van der Waals surface area (Å²) in [5.74, 6) is 0.696. The lowest BCUT2D eigenvalue weighted by Gasteiger charge is -2.10. The molecule has 2 aromatic carbocycles. The molecule has 0 bridgehead atoms. The summed E-state index contributed by atoms with van der Waals surface area (Å²) < 4.78 is 5.15. The Balaban J connectivity index is 1.62. The summed E-state index contributed by atoms with van der Waals surface area (Å²) in [5.41, 5.74) is 2.14. The lowest BCUT2D eigenvalue weighted by Crippen LogP contribution is -2.22. The van der Waals surface area contributed by atoms with Gasteiger partial charge in [-0.25, -0.2) is 0 Å². The third-order valence-electron chi connectivity index (χ3n) is 3.70. The van der Waals surface area contributed by atoms with Gasteiger partial charge in [0.1, 0.15) is 10.8 Å². The van der Waals surface area contributed by atoms with E-state index < -0.39 is 0 Å². The largest absolute Gasteiger partial charge is 0.497 e. The molecule has 3 rings (SSSR count). The number of hydrogen-bond donors (Lipinski definition) is 1. The number of hydrogen-bond acceptors (Lipinski definition) is 6. The summed E-state index contributed by atoms with van der Waals surface area (Å²) in [6.45, 7) is 3.92. The number of rotatable bonds is 6. The maximum absolute atomic E-state index is 12.4. The average molecular weight is 386 g/mol. The molecule has 0 aliphatic carbocycles. The second-order valence-corrected chi connectivity index (χ2v) is 8.09. The van der Waals surface area contributed by atoms with Crippen LogP contribution in [-0.4, -0.2) is 28.5 Å². The summed E-state index contributed by atoms with van der Waals surface area (Å²) in [6.07, 6.45) is 0. The number of nitrogens with one attached hydrogen (secondary N) is 1. The van der Waals surface area contributed by atoms with Crippen LogP contribution in [0.1, 0.15) is 12.5 Å². The molecule has 5 nitrogen and oxygen atoms in total. The molecule has 0 saturated heterocycles. The van der Waals surface area contributed by atoms with Gasteiger partial charge >= 0.3 is 0 Å². The zero-order chi connectivity index (χ0) is 18.5. The first-order valence-corrected chi connectivity index (χ1v) is 9.77. The molecule has 0 fully saturated rings. The van der Waals surface area contributed by atoms with Crippen molar-refractivity contribution in [1.29, 1.82) is 0 Å². The highest BCUT2D eigenvalue weighted by atomic mass is 32.2. The highest BCUT2D eigenvalue weighted by Gasteiger charge is 2.17.